The summed E-state index contributed by atoms with van der Waals surface area (Å²) in [4.78, 5) is 19.4. The fourth-order valence-corrected chi connectivity index (χ4v) is 4.54. The molecule has 5 rings (SSSR count). The average Bonchev–Trinajstić information content (AvgIpc) is 3.43. The predicted octanol–water partition coefficient (Wildman–Crippen LogP) is 3.42. The standard InChI is InChI=1S/C23H24FN5O/c1-26-11-10-18(13-26)29-14-25-21(15-4-7-17(24)8-5-15)22(29)16-6-9-19-20(12-16)28(3)23(30)27(19)2/h4-9,12,14,18H,10-11,13H2,1-3H3. The summed E-state index contributed by atoms with van der Waals surface area (Å²) in [5.41, 5.74) is 5.41. The normalized spacial score (nSPS) is 17.3. The molecule has 0 aliphatic carbocycles. The Labute approximate surface area is 173 Å². The highest BCUT2D eigenvalue weighted by molar-refractivity contribution is 5.86. The number of imidazole rings is 2. The van der Waals surface area contributed by atoms with Crippen LogP contribution in [0.4, 0.5) is 4.39 Å². The second kappa shape index (κ2) is 6.95. The molecule has 1 atom stereocenters. The maximum absolute atomic E-state index is 13.5. The number of aryl methyl sites for hydroxylation is 2. The summed E-state index contributed by atoms with van der Waals surface area (Å²) in [6.45, 7) is 2.00. The summed E-state index contributed by atoms with van der Waals surface area (Å²) in [5, 5.41) is 0. The fraction of sp³-hybridized carbons (Fsp3) is 0.304. The Balaban J connectivity index is 1.73. The van der Waals surface area contributed by atoms with E-state index < -0.39 is 0 Å². The minimum absolute atomic E-state index is 0.0492. The van der Waals surface area contributed by atoms with E-state index in [-0.39, 0.29) is 11.5 Å². The first-order chi connectivity index (χ1) is 14.4. The highest BCUT2D eigenvalue weighted by atomic mass is 19.1. The zero-order valence-electron chi connectivity index (χ0n) is 17.3. The van der Waals surface area contributed by atoms with Gasteiger partial charge >= 0.3 is 5.69 Å². The lowest BCUT2D eigenvalue weighted by atomic mass is 10.0. The molecule has 0 spiro atoms. The van der Waals surface area contributed by atoms with Crippen molar-refractivity contribution in [2.24, 2.45) is 14.1 Å². The molecule has 0 radical (unpaired) electrons. The SMILES string of the molecule is CN1CCC(n2cnc(-c3ccc(F)cc3)c2-c2ccc3c(c2)n(C)c(=O)n3C)C1. The van der Waals surface area contributed by atoms with Crippen LogP contribution in [0.25, 0.3) is 33.5 Å². The first-order valence-corrected chi connectivity index (χ1v) is 10.1. The van der Waals surface area contributed by atoms with E-state index in [2.05, 4.69) is 22.6 Å². The molecule has 154 valence electrons. The molecule has 0 amide bonds. The number of likely N-dealkylation sites (tertiary alicyclic amines) is 1. The molecule has 2 aromatic heterocycles. The van der Waals surface area contributed by atoms with Gasteiger partial charge in [0.25, 0.3) is 0 Å². The summed E-state index contributed by atoms with van der Waals surface area (Å²) in [6, 6.07) is 12.9. The molecule has 1 fully saturated rings. The van der Waals surface area contributed by atoms with Crippen LogP contribution in [0.2, 0.25) is 0 Å². The van der Waals surface area contributed by atoms with E-state index in [0.29, 0.717) is 6.04 Å². The number of aromatic nitrogens is 4. The van der Waals surface area contributed by atoms with Crippen LogP contribution in [0, 0.1) is 5.82 Å². The van der Waals surface area contributed by atoms with E-state index in [9.17, 15) is 9.18 Å². The van der Waals surface area contributed by atoms with Crippen LogP contribution < -0.4 is 5.69 Å². The third-order valence-electron chi connectivity index (χ3n) is 6.22. The van der Waals surface area contributed by atoms with Gasteiger partial charge in [0.05, 0.1) is 28.7 Å². The van der Waals surface area contributed by atoms with E-state index >= 15 is 0 Å². The Hall–Kier alpha value is -3.19. The van der Waals surface area contributed by atoms with Crippen molar-refractivity contribution in [1.29, 1.82) is 0 Å². The van der Waals surface area contributed by atoms with Gasteiger partial charge in [-0.15, -0.1) is 0 Å². The number of benzene rings is 2. The van der Waals surface area contributed by atoms with Crippen LogP contribution in [0.3, 0.4) is 0 Å². The molecule has 0 bridgehead atoms. The zero-order valence-corrected chi connectivity index (χ0v) is 17.3. The van der Waals surface area contributed by atoms with Gasteiger partial charge in [0.2, 0.25) is 0 Å². The van der Waals surface area contributed by atoms with E-state index in [4.69, 9.17) is 4.98 Å². The van der Waals surface area contributed by atoms with Crippen LogP contribution >= 0.6 is 0 Å². The van der Waals surface area contributed by atoms with Gasteiger partial charge in [-0.2, -0.15) is 0 Å². The molecule has 4 aromatic rings. The van der Waals surface area contributed by atoms with Crippen molar-refractivity contribution in [1.82, 2.24) is 23.6 Å². The van der Waals surface area contributed by atoms with Crippen molar-refractivity contribution in [2.45, 2.75) is 12.5 Å². The van der Waals surface area contributed by atoms with Gasteiger partial charge in [-0.3, -0.25) is 9.13 Å². The summed E-state index contributed by atoms with van der Waals surface area (Å²) >= 11 is 0. The number of nitrogens with zero attached hydrogens (tertiary/aromatic N) is 5. The van der Waals surface area contributed by atoms with Gasteiger partial charge in [-0.1, -0.05) is 6.07 Å². The highest BCUT2D eigenvalue weighted by Crippen LogP contribution is 2.36. The lowest BCUT2D eigenvalue weighted by molar-refractivity contribution is 0.393. The minimum Gasteiger partial charge on any atom is -0.326 e. The van der Waals surface area contributed by atoms with Gasteiger partial charge in [-0.25, -0.2) is 14.2 Å². The molecule has 1 saturated heterocycles. The molecule has 30 heavy (non-hydrogen) atoms. The van der Waals surface area contributed by atoms with Crippen molar-refractivity contribution in [3.8, 4) is 22.5 Å². The van der Waals surface area contributed by atoms with Crippen molar-refractivity contribution < 1.29 is 4.39 Å². The second-order valence-electron chi connectivity index (χ2n) is 8.16. The third kappa shape index (κ3) is 2.89. The molecule has 0 N–H and O–H groups in total. The molecule has 1 aliphatic rings. The molecular formula is C23H24FN5O. The second-order valence-corrected chi connectivity index (χ2v) is 8.16. The van der Waals surface area contributed by atoms with Crippen molar-refractivity contribution >= 4 is 11.0 Å². The van der Waals surface area contributed by atoms with Crippen molar-refractivity contribution in [3.63, 3.8) is 0 Å². The maximum Gasteiger partial charge on any atom is 0.328 e. The lowest BCUT2D eigenvalue weighted by Gasteiger charge is -2.17. The summed E-state index contributed by atoms with van der Waals surface area (Å²) in [6.07, 6.45) is 2.95. The smallest absolute Gasteiger partial charge is 0.326 e. The van der Waals surface area contributed by atoms with Gasteiger partial charge in [0.1, 0.15) is 5.82 Å². The van der Waals surface area contributed by atoms with E-state index in [1.165, 1.54) is 12.1 Å². The highest BCUT2D eigenvalue weighted by Gasteiger charge is 2.26. The largest absolute Gasteiger partial charge is 0.328 e. The molecule has 7 heteroatoms. The topological polar surface area (TPSA) is 48.0 Å². The third-order valence-corrected chi connectivity index (χ3v) is 6.22. The van der Waals surface area contributed by atoms with Crippen molar-refractivity contribution in [2.75, 3.05) is 20.1 Å². The molecule has 1 aliphatic heterocycles. The number of likely N-dealkylation sites (N-methyl/N-ethyl adjacent to an activating group) is 1. The van der Waals surface area contributed by atoms with Crippen LogP contribution in [0.15, 0.2) is 53.6 Å². The van der Waals surface area contributed by atoms with Gasteiger partial charge < -0.3 is 9.47 Å². The Morgan fingerprint density at radius 3 is 2.37 bits per heavy atom. The molecule has 6 nitrogen and oxygen atoms in total. The van der Waals surface area contributed by atoms with Crippen LogP contribution in [0.1, 0.15) is 12.5 Å². The van der Waals surface area contributed by atoms with Gasteiger partial charge in [0, 0.05) is 37.8 Å². The monoisotopic (exact) mass is 405 g/mol. The first kappa shape index (κ1) is 18.8. The molecule has 2 aromatic carbocycles. The molecule has 3 heterocycles. The number of hydrogen-bond acceptors (Lipinski definition) is 3. The van der Waals surface area contributed by atoms with Crippen LogP contribution in [0.5, 0.6) is 0 Å². The molecule has 0 saturated carbocycles. The summed E-state index contributed by atoms with van der Waals surface area (Å²) in [5.74, 6) is -0.266. The Kier molecular flexibility index (Phi) is 4.36. The molecule has 1 unspecified atom stereocenters. The Morgan fingerprint density at radius 1 is 0.967 bits per heavy atom. The Morgan fingerprint density at radius 2 is 1.67 bits per heavy atom. The fourth-order valence-electron chi connectivity index (χ4n) is 4.54. The van der Waals surface area contributed by atoms with Crippen molar-refractivity contribution in [3.05, 3.63) is 65.1 Å². The first-order valence-electron chi connectivity index (χ1n) is 10.1. The minimum atomic E-state index is -0.266. The van der Waals surface area contributed by atoms with Crippen LogP contribution in [-0.2, 0) is 14.1 Å². The lowest BCUT2D eigenvalue weighted by Crippen LogP contribution is -2.19. The van der Waals surface area contributed by atoms with E-state index in [1.807, 2.05) is 18.5 Å². The van der Waals surface area contributed by atoms with E-state index in [1.54, 1.807) is 35.4 Å². The average molecular weight is 405 g/mol. The van der Waals surface area contributed by atoms with Gasteiger partial charge in [0.15, 0.2) is 0 Å². The van der Waals surface area contributed by atoms with Gasteiger partial charge in [-0.05, 0) is 56.4 Å². The number of fused-ring (bicyclic) bond motifs is 1. The number of rotatable bonds is 3. The number of halogens is 1. The summed E-state index contributed by atoms with van der Waals surface area (Å²) < 4.78 is 19.1. The zero-order chi connectivity index (χ0) is 21.0. The number of hydrogen-bond donors (Lipinski definition) is 0. The van der Waals surface area contributed by atoms with Crippen LogP contribution in [-0.4, -0.2) is 43.7 Å². The summed E-state index contributed by atoms with van der Waals surface area (Å²) in [7, 11) is 5.70. The molecular weight excluding hydrogens is 381 g/mol. The quantitative estimate of drug-likeness (QED) is 0.525. The van der Waals surface area contributed by atoms with E-state index in [0.717, 1.165) is 53.1 Å². The maximum atomic E-state index is 13.5. The predicted molar refractivity (Wildman–Crippen MR) is 116 cm³/mol. The Bertz CT molecular complexity index is 1300.